The first-order valence-corrected chi connectivity index (χ1v) is 7.74. The van der Waals surface area contributed by atoms with Crippen LogP contribution in [0.1, 0.15) is 6.92 Å². The average Bonchev–Trinajstić information content (AvgIpc) is 2.11. The lowest BCUT2D eigenvalue weighted by atomic mass is 10.3. The molecule has 2 nitrogen and oxygen atoms in total. The highest BCUT2D eigenvalue weighted by atomic mass is 127. The van der Waals surface area contributed by atoms with Gasteiger partial charge in [-0.05, 0) is 93.9 Å². The maximum absolute atomic E-state index is 5.89. The standard InChI is InChI=1S/C10H12I3NO/c1-6(5-14-2)15-10-8(12)3-7(11)4-9(10)13/h3-4,6,14H,5H2,1-2H3. The number of ether oxygens (including phenoxy) is 1. The molecule has 0 aliphatic rings. The van der Waals surface area contributed by atoms with Gasteiger partial charge in [0.1, 0.15) is 11.9 Å². The zero-order valence-electron chi connectivity index (χ0n) is 8.48. The molecule has 0 amide bonds. The first-order chi connectivity index (χ1) is 7.04. The summed E-state index contributed by atoms with van der Waals surface area (Å²) in [7, 11) is 1.93. The fourth-order valence-corrected chi connectivity index (χ4v) is 5.01. The van der Waals surface area contributed by atoms with Gasteiger partial charge in [0, 0.05) is 10.1 Å². The van der Waals surface area contributed by atoms with E-state index in [-0.39, 0.29) is 6.10 Å². The molecule has 1 rings (SSSR count). The Balaban J connectivity index is 2.85. The first kappa shape index (κ1) is 14.2. The minimum atomic E-state index is 0.192. The number of rotatable bonds is 4. The third-order valence-electron chi connectivity index (χ3n) is 1.77. The molecule has 0 saturated heterocycles. The van der Waals surface area contributed by atoms with E-state index in [1.54, 1.807) is 0 Å². The van der Waals surface area contributed by atoms with Crippen molar-refractivity contribution >= 4 is 67.8 Å². The van der Waals surface area contributed by atoms with E-state index >= 15 is 0 Å². The highest BCUT2D eigenvalue weighted by molar-refractivity contribution is 14.1. The molecular weight excluding hydrogens is 531 g/mol. The fraction of sp³-hybridized carbons (Fsp3) is 0.400. The molecule has 1 unspecified atom stereocenters. The molecular formula is C10H12I3NO. The Morgan fingerprint density at radius 3 is 2.27 bits per heavy atom. The van der Waals surface area contributed by atoms with Gasteiger partial charge in [-0.1, -0.05) is 0 Å². The minimum absolute atomic E-state index is 0.192. The lowest BCUT2D eigenvalue weighted by Gasteiger charge is -2.17. The van der Waals surface area contributed by atoms with Gasteiger partial charge >= 0.3 is 0 Å². The summed E-state index contributed by atoms with van der Waals surface area (Å²) in [6.45, 7) is 2.93. The molecule has 0 heterocycles. The van der Waals surface area contributed by atoms with Gasteiger partial charge < -0.3 is 10.1 Å². The van der Waals surface area contributed by atoms with Gasteiger partial charge in [-0.15, -0.1) is 0 Å². The number of hydrogen-bond donors (Lipinski definition) is 1. The third kappa shape index (κ3) is 4.50. The van der Waals surface area contributed by atoms with Crippen molar-refractivity contribution in [3.8, 4) is 5.75 Å². The van der Waals surface area contributed by atoms with Crippen molar-refractivity contribution in [3.63, 3.8) is 0 Å². The average molecular weight is 543 g/mol. The summed E-state index contributed by atoms with van der Waals surface area (Å²) in [5.74, 6) is 0.999. The highest BCUT2D eigenvalue weighted by Gasteiger charge is 2.11. The van der Waals surface area contributed by atoms with E-state index in [1.807, 2.05) is 7.05 Å². The van der Waals surface area contributed by atoms with Crippen LogP contribution in [-0.2, 0) is 0 Å². The number of hydrogen-bond acceptors (Lipinski definition) is 2. The molecule has 0 spiro atoms. The Morgan fingerprint density at radius 2 is 1.80 bits per heavy atom. The summed E-state index contributed by atoms with van der Waals surface area (Å²) in [6, 6.07) is 4.26. The van der Waals surface area contributed by atoms with Crippen LogP contribution >= 0.6 is 67.8 Å². The van der Waals surface area contributed by atoms with E-state index in [2.05, 4.69) is 92.1 Å². The second-order valence-electron chi connectivity index (χ2n) is 3.18. The van der Waals surface area contributed by atoms with E-state index in [0.717, 1.165) is 12.3 Å². The van der Waals surface area contributed by atoms with Crippen LogP contribution in [0.5, 0.6) is 5.75 Å². The first-order valence-electron chi connectivity index (χ1n) is 4.50. The molecule has 0 bridgehead atoms. The maximum Gasteiger partial charge on any atom is 0.146 e. The Kier molecular flexibility index (Phi) is 6.45. The lowest BCUT2D eigenvalue weighted by Crippen LogP contribution is -2.26. The van der Waals surface area contributed by atoms with E-state index in [9.17, 15) is 0 Å². The van der Waals surface area contributed by atoms with Crippen LogP contribution in [0.3, 0.4) is 0 Å². The van der Waals surface area contributed by atoms with Gasteiger partial charge in [-0.3, -0.25) is 0 Å². The zero-order valence-corrected chi connectivity index (χ0v) is 15.0. The van der Waals surface area contributed by atoms with Crippen molar-refractivity contribution in [2.45, 2.75) is 13.0 Å². The second kappa shape index (κ2) is 6.80. The summed E-state index contributed by atoms with van der Waals surface area (Å²) in [4.78, 5) is 0. The topological polar surface area (TPSA) is 21.3 Å². The van der Waals surface area contributed by atoms with Crippen LogP contribution in [0.25, 0.3) is 0 Å². The van der Waals surface area contributed by atoms with Crippen molar-refractivity contribution in [2.24, 2.45) is 0 Å². The molecule has 0 radical (unpaired) electrons. The molecule has 15 heavy (non-hydrogen) atoms. The molecule has 1 aromatic carbocycles. The molecule has 0 aliphatic heterocycles. The van der Waals surface area contributed by atoms with Crippen molar-refractivity contribution < 1.29 is 4.74 Å². The van der Waals surface area contributed by atoms with E-state index in [1.165, 1.54) is 10.7 Å². The smallest absolute Gasteiger partial charge is 0.146 e. The molecule has 5 heteroatoms. The largest absolute Gasteiger partial charge is 0.487 e. The third-order valence-corrected chi connectivity index (χ3v) is 4.00. The fourth-order valence-electron chi connectivity index (χ4n) is 1.17. The minimum Gasteiger partial charge on any atom is -0.487 e. The Labute approximate surface area is 131 Å². The number of likely N-dealkylation sites (N-methyl/N-ethyl adjacent to an activating group) is 1. The Bertz CT molecular complexity index is 320. The molecule has 0 saturated carbocycles. The van der Waals surface area contributed by atoms with Gasteiger partial charge in [0.15, 0.2) is 0 Å². The summed E-state index contributed by atoms with van der Waals surface area (Å²) in [5, 5.41) is 3.11. The van der Waals surface area contributed by atoms with Crippen molar-refractivity contribution in [1.29, 1.82) is 0 Å². The molecule has 84 valence electrons. The van der Waals surface area contributed by atoms with Crippen LogP contribution < -0.4 is 10.1 Å². The van der Waals surface area contributed by atoms with Gasteiger partial charge in [-0.25, -0.2) is 0 Å². The van der Waals surface area contributed by atoms with Crippen molar-refractivity contribution in [3.05, 3.63) is 22.8 Å². The van der Waals surface area contributed by atoms with Crippen LogP contribution in [0.15, 0.2) is 12.1 Å². The highest BCUT2D eigenvalue weighted by Crippen LogP contribution is 2.30. The maximum atomic E-state index is 5.89. The van der Waals surface area contributed by atoms with E-state index in [4.69, 9.17) is 4.74 Å². The second-order valence-corrected chi connectivity index (χ2v) is 6.75. The quantitative estimate of drug-likeness (QED) is 0.589. The normalized spacial score (nSPS) is 12.6. The Morgan fingerprint density at radius 1 is 1.27 bits per heavy atom. The predicted octanol–water partition coefficient (Wildman–Crippen LogP) is 3.49. The van der Waals surface area contributed by atoms with Crippen LogP contribution in [0.2, 0.25) is 0 Å². The van der Waals surface area contributed by atoms with E-state index in [0.29, 0.717) is 0 Å². The molecule has 1 atom stereocenters. The van der Waals surface area contributed by atoms with Crippen LogP contribution in [0.4, 0.5) is 0 Å². The summed E-state index contributed by atoms with van der Waals surface area (Å²) in [5.41, 5.74) is 0. The monoisotopic (exact) mass is 543 g/mol. The van der Waals surface area contributed by atoms with Crippen LogP contribution in [0, 0.1) is 10.7 Å². The number of benzene rings is 1. The van der Waals surface area contributed by atoms with Gasteiger partial charge in [-0.2, -0.15) is 0 Å². The summed E-state index contributed by atoms with van der Waals surface area (Å²) >= 11 is 6.96. The van der Waals surface area contributed by atoms with Gasteiger partial charge in [0.05, 0.1) is 7.14 Å². The summed E-state index contributed by atoms with van der Waals surface area (Å²) < 4.78 is 9.48. The van der Waals surface area contributed by atoms with Gasteiger partial charge in [0.25, 0.3) is 0 Å². The Hall–Kier alpha value is 1.17. The van der Waals surface area contributed by atoms with E-state index < -0.39 is 0 Å². The number of nitrogens with one attached hydrogen (secondary N) is 1. The predicted molar refractivity (Wildman–Crippen MR) is 88.6 cm³/mol. The SMILES string of the molecule is CNCC(C)Oc1c(I)cc(I)cc1I. The summed E-state index contributed by atoms with van der Waals surface area (Å²) in [6.07, 6.45) is 0.192. The van der Waals surface area contributed by atoms with Gasteiger partial charge in [0.2, 0.25) is 0 Å². The van der Waals surface area contributed by atoms with Crippen molar-refractivity contribution in [1.82, 2.24) is 5.32 Å². The van der Waals surface area contributed by atoms with Crippen LogP contribution in [-0.4, -0.2) is 19.7 Å². The molecule has 0 fully saturated rings. The molecule has 0 aliphatic carbocycles. The molecule has 1 N–H and O–H groups in total. The number of halogens is 3. The zero-order chi connectivity index (χ0) is 11.4. The molecule has 0 aromatic heterocycles. The molecule has 1 aromatic rings. The lowest BCUT2D eigenvalue weighted by molar-refractivity contribution is 0.217. The van der Waals surface area contributed by atoms with Crippen molar-refractivity contribution in [2.75, 3.05) is 13.6 Å².